The van der Waals surface area contributed by atoms with Crippen LogP contribution in [0.4, 0.5) is 15.9 Å². The fourth-order valence-corrected chi connectivity index (χ4v) is 4.56. The number of hydrogen-bond acceptors (Lipinski definition) is 8. The summed E-state index contributed by atoms with van der Waals surface area (Å²) in [6, 6.07) is 15.2. The largest absolute Gasteiger partial charge is 0.395 e. The number of aliphatic hydroxyl groups is 1. The minimum absolute atomic E-state index is 0.00321. The monoisotopic (exact) mass is 525 g/mol. The Morgan fingerprint density at radius 3 is 2.59 bits per heavy atom. The lowest BCUT2D eigenvalue weighted by Crippen LogP contribution is -2.15. The Morgan fingerprint density at radius 1 is 1.08 bits per heavy atom. The van der Waals surface area contributed by atoms with Crippen molar-refractivity contribution in [1.29, 1.82) is 0 Å². The molecule has 0 bridgehead atoms. The molecule has 3 aromatic heterocycles. The summed E-state index contributed by atoms with van der Waals surface area (Å²) in [5.41, 5.74) is 11.8. The number of aromatic nitrogens is 5. The van der Waals surface area contributed by atoms with Gasteiger partial charge in [-0.05, 0) is 48.5 Å². The van der Waals surface area contributed by atoms with Gasteiger partial charge < -0.3 is 20.7 Å². The number of anilines is 2. The lowest BCUT2D eigenvalue weighted by atomic mass is 9.96. The first-order valence-corrected chi connectivity index (χ1v) is 12.5. The van der Waals surface area contributed by atoms with Crippen LogP contribution < -0.4 is 11.1 Å². The minimum atomic E-state index is -0.374. The predicted octanol–water partition coefficient (Wildman–Crippen LogP) is 4.59. The Morgan fingerprint density at radius 2 is 1.82 bits per heavy atom. The minimum Gasteiger partial charge on any atom is -0.395 e. The molecule has 0 fully saturated rings. The van der Waals surface area contributed by atoms with Crippen LogP contribution in [0.15, 0.2) is 67.1 Å². The van der Waals surface area contributed by atoms with Crippen molar-refractivity contribution in [3.63, 3.8) is 0 Å². The molecule has 0 aliphatic heterocycles. The lowest BCUT2D eigenvalue weighted by molar-refractivity contribution is 0.0971. The van der Waals surface area contributed by atoms with Gasteiger partial charge >= 0.3 is 0 Å². The van der Waals surface area contributed by atoms with Gasteiger partial charge in [-0.25, -0.2) is 19.3 Å². The molecule has 5 rings (SSSR count). The molecule has 9 nitrogen and oxygen atoms in total. The summed E-state index contributed by atoms with van der Waals surface area (Å²) < 4.78 is 15.6. The average Bonchev–Trinajstić information content (AvgIpc) is 3.32. The second-order valence-corrected chi connectivity index (χ2v) is 9.34. The van der Waals surface area contributed by atoms with E-state index in [1.54, 1.807) is 30.7 Å². The summed E-state index contributed by atoms with van der Waals surface area (Å²) >= 11 is 0. The zero-order valence-electron chi connectivity index (χ0n) is 21.6. The van der Waals surface area contributed by atoms with E-state index in [1.165, 1.54) is 12.1 Å². The van der Waals surface area contributed by atoms with E-state index in [4.69, 9.17) is 10.7 Å². The fourth-order valence-electron chi connectivity index (χ4n) is 4.56. The number of imidazole rings is 1. The first-order chi connectivity index (χ1) is 18.9. The number of aryl methyl sites for hydroxylation is 1. The van der Waals surface area contributed by atoms with Crippen molar-refractivity contribution in [3.05, 3.63) is 84.3 Å². The van der Waals surface area contributed by atoms with Gasteiger partial charge in [0.2, 0.25) is 0 Å². The number of nitrogens with zero attached hydrogens (tertiary/aromatic N) is 5. The Kier molecular flexibility index (Phi) is 7.29. The SMILES string of the molecule is CC(CC(=O)c1nc(-c2ccc3ncn(C)c3c2)c(-c2ccc(F)cc2)nc1N)c1ncccc1NCCO. The van der Waals surface area contributed by atoms with E-state index in [0.717, 1.165) is 22.3 Å². The second kappa shape index (κ2) is 11.0. The number of rotatable bonds is 9. The van der Waals surface area contributed by atoms with Crippen molar-refractivity contribution in [1.82, 2.24) is 24.5 Å². The number of hydrogen-bond donors (Lipinski definition) is 3. The standard InChI is InChI=1S/C29H28FN7O2/c1-17(25-22(32-12-13-38)4-3-11-33-25)14-24(39)28-29(31)36-26(18-5-8-20(30)9-6-18)27(35-28)19-7-10-21-23(15-19)37(2)16-34-21/h3-11,15-17,32,38H,12-14H2,1-2H3,(H2,31,36). The average molecular weight is 526 g/mol. The van der Waals surface area contributed by atoms with Crippen LogP contribution in [0.1, 0.15) is 35.4 Å². The van der Waals surface area contributed by atoms with Crippen LogP contribution in [0.5, 0.6) is 0 Å². The molecule has 1 atom stereocenters. The number of nitrogens with one attached hydrogen (secondary N) is 1. The molecule has 0 radical (unpaired) electrons. The summed E-state index contributed by atoms with van der Waals surface area (Å²) in [5, 5.41) is 12.3. The fraction of sp³-hybridized carbons (Fsp3) is 0.207. The number of carbonyl (C=O) groups is 1. The van der Waals surface area contributed by atoms with Gasteiger partial charge in [0.15, 0.2) is 11.6 Å². The molecule has 0 aliphatic carbocycles. The quantitative estimate of drug-likeness (QED) is 0.238. The Hall–Kier alpha value is -4.70. The number of nitrogen functional groups attached to an aromatic ring is 1. The van der Waals surface area contributed by atoms with Gasteiger partial charge in [0.25, 0.3) is 0 Å². The van der Waals surface area contributed by atoms with Crippen LogP contribution in [-0.2, 0) is 7.05 Å². The molecular formula is C29H28FN7O2. The molecule has 1 unspecified atom stereocenters. The first kappa shape index (κ1) is 25.9. The van der Waals surface area contributed by atoms with Gasteiger partial charge in [0.05, 0.1) is 46.7 Å². The van der Waals surface area contributed by atoms with Crippen molar-refractivity contribution in [3.8, 4) is 22.5 Å². The van der Waals surface area contributed by atoms with E-state index in [0.29, 0.717) is 29.2 Å². The summed E-state index contributed by atoms with van der Waals surface area (Å²) in [6.45, 7) is 2.24. The van der Waals surface area contributed by atoms with Crippen molar-refractivity contribution < 1.29 is 14.3 Å². The first-order valence-electron chi connectivity index (χ1n) is 12.5. The highest BCUT2D eigenvalue weighted by Gasteiger charge is 2.23. The summed E-state index contributed by atoms with van der Waals surface area (Å²) in [7, 11) is 1.90. The molecule has 2 aromatic carbocycles. The second-order valence-electron chi connectivity index (χ2n) is 9.34. The Labute approximate surface area is 224 Å². The maximum atomic E-state index is 13.7. The van der Waals surface area contributed by atoms with E-state index in [-0.39, 0.29) is 42.1 Å². The van der Waals surface area contributed by atoms with E-state index in [9.17, 15) is 14.3 Å². The molecule has 198 valence electrons. The highest BCUT2D eigenvalue weighted by atomic mass is 19.1. The molecule has 3 heterocycles. The molecule has 0 saturated carbocycles. The normalized spacial score (nSPS) is 12.0. The van der Waals surface area contributed by atoms with Crippen LogP contribution >= 0.6 is 0 Å². The molecule has 0 saturated heterocycles. The number of Topliss-reactive ketones (excluding diaryl/α,β-unsaturated/α-hetero) is 1. The lowest BCUT2D eigenvalue weighted by Gasteiger charge is -2.17. The van der Waals surface area contributed by atoms with Crippen molar-refractivity contribution in [2.24, 2.45) is 7.05 Å². The van der Waals surface area contributed by atoms with E-state index in [1.807, 2.05) is 42.8 Å². The van der Waals surface area contributed by atoms with Gasteiger partial charge in [-0.2, -0.15) is 0 Å². The van der Waals surface area contributed by atoms with Crippen molar-refractivity contribution in [2.45, 2.75) is 19.3 Å². The molecule has 39 heavy (non-hydrogen) atoms. The van der Waals surface area contributed by atoms with Crippen LogP contribution in [0.2, 0.25) is 0 Å². The smallest absolute Gasteiger partial charge is 0.185 e. The third kappa shape index (κ3) is 5.32. The molecule has 5 aromatic rings. The van der Waals surface area contributed by atoms with Gasteiger partial charge in [-0.3, -0.25) is 9.78 Å². The molecule has 0 spiro atoms. The number of benzene rings is 2. The van der Waals surface area contributed by atoms with Crippen LogP contribution in [0.3, 0.4) is 0 Å². The zero-order valence-corrected chi connectivity index (χ0v) is 21.6. The van der Waals surface area contributed by atoms with Gasteiger partial charge in [-0.1, -0.05) is 13.0 Å². The van der Waals surface area contributed by atoms with E-state index >= 15 is 0 Å². The predicted molar refractivity (Wildman–Crippen MR) is 149 cm³/mol. The van der Waals surface area contributed by atoms with Crippen LogP contribution in [0.25, 0.3) is 33.5 Å². The van der Waals surface area contributed by atoms with Crippen molar-refractivity contribution >= 4 is 28.3 Å². The third-order valence-electron chi connectivity index (χ3n) is 6.53. The highest BCUT2D eigenvalue weighted by Crippen LogP contribution is 2.34. The van der Waals surface area contributed by atoms with Gasteiger partial charge in [0.1, 0.15) is 11.5 Å². The number of fused-ring (bicyclic) bond motifs is 1. The number of ketones is 1. The van der Waals surface area contributed by atoms with E-state index < -0.39 is 0 Å². The highest BCUT2D eigenvalue weighted by molar-refractivity contribution is 6.00. The van der Waals surface area contributed by atoms with Crippen molar-refractivity contribution in [2.75, 3.05) is 24.2 Å². The molecular weight excluding hydrogens is 497 g/mol. The van der Waals surface area contributed by atoms with Gasteiger partial charge in [0, 0.05) is 43.3 Å². The van der Waals surface area contributed by atoms with Gasteiger partial charge in [-0.15, -0.1) is 0 Å². The third-order valence-corrected chi connectivity index (χ3v) is 6.53. The number of halogens is 1. The number of nitrogens with two attached hydrogens (primary N) is 1. The summed E-state index contributed by atoms with van der Waals surface area (Å²) in [4.78, 5) is 31.7. The maximum absolute atomic E-state index is 13.7. The van der Waals surface area contributed by atoms with E-state index in [2.05, 4.69) is 20.3 Å². The Balaban J connectivity index is 1.56. The topological polar surface area (TPSA) is 132 Å². The molecule has 0 amide bonds. The summed E-state index contributed by atoms with van der Waals surface area (Å²) in [6.07, 6.45) is 3.49. The Bertz CT molecular complexity index is 1650. The summed E-state index contributed by atoms with van der Waals surface area (Å²) in [5.74, 6) is -0.913. The number of pyridine rings is 1. The zero-order chi connectivity index (χ0) is 27.5. The molecule has 0 aliphatic rings. The maximum Gasteiger partial charge on any atom is 0.185 e. The number of aliphatic hydroxyl groups excluding tert-OH is 1. The molecule has 10 heteroatoms. The number of carbonyl (C=O) groups excluding carboxylic acids is 1. The van der Waals surface area contributed by atoms with Crippen LogP contribution in [0, 0.1) is 5.82 Å². The van der Waals surface area contributed by atoms with Crippen LogP contribution in [-0.4, -0.2) is 48.5 Å². The molecule has 4 N–H and O–H groups in total.